The standard InChI is InChI=1S/C15H34N2O/c1-7-17(8-2)12-9-10-14(3)16-11-13-18-15(4,5)6/h14,16H,7-13H2,1-6H3. The molecule has 0 bridgehead atoms. The van der Waals surface area contributed by atoms with Crippen molar-refractivity contribution in [1.29, 1.82) is 0 Å². The van der Waals surface area contributed by atoms with E-state index in [1.54, 1.807) is 0 Å². The minimum absolute atomic E-state index is 0.0202. The van der Waals surface area contributed by atoms with Crippen LogP contribution in [-0.4, -0.2) is 49.3 Å². The molecule has 0 heterocycles. The Hall–Kier alpha value is -0.120. The van der Waals surface area contributed by atoms with Gasteiger partial charge in [0.15, 0.2) is 0 Å². The summed E-state index contributed by atoms with van der Waals surface area (Å²) in [6, 6.07) is 0.587. The fraction of sp³-hybridized carbons (Fsp3) is 1.00. The van der Waals surface area contributed by atoms with Crippen molar-refractivity contribution in [1.82, 2.24) is 10.2 Å². The molecule has 0 radical (unpaired) electrons. The third kappa shape index (κ3) is 11.0. The van der Waals surface area contributed by atoms with Gasteiger partial charge in [0.2, 0.25) is 0 Å². The van der Waals surface area contributed by atoms with Crippen LogP contribution in [-0.2, 0) is 4.74 Å². The zero-order chi connectivity index (χ0) is 14.0. The van der Waals surface area contributed by atoms with Gasteiger partial charge >= 0.3 is 0 Å². The lowest BCUT2D eigenvalue weighted by atomic mass is 10.1. The highest BCUT2D eigenvalue weighted by Gasteiger charge is 2.09. The molecule has 0 saturated carbocycles. The normalized spacial score (nSPS) is 14.2. The molecule has 1 atom stereocenters. The molecule has 0 rings (SSSR count). The first-order valence-electron chi connectivity index (χ1n) is 7.48. The van der Waals surface area contributed by atoms with E-state index < -0.39 is 0 Å². The third-order valence-electron chi connectivity index (χ3n) is 3.14. The van der Waals surface area contributed by atoms with Crippen molar-refractivity contribution in [2.75, 3.05) is 32.8 Å². The van der Waals surface area contributed by atoms with Gasteiger partial charge in [0.05, 0.1) is 12.2 Å². The molecule has 0 aromatic heterocycles. The summed E-state index contributed by atoms with van der Waals surface area (Å²) >= 11 is 0. The zero-order valence-electron chi connectivity index (χ0n) is 13.4. The predicted octanol–water partition coefficient (Wildman–Crippen LogP) is 2.90. The monoisotopic (exact) mass is 258 g/mol. The molecule has 3 heteroatoms. The second-order valence-electron chi connectivity index (χ2n) is 5.99. The summed E-state index contributed by atoms with van der Waals surface area (Å²) in [5.41, 5.74) is -0.0202. The number of nitrogens with one attached hydrogen (secondary N) is 1. The molecule has 0 aliphatic carbocycles. The van der Waals surface area contributed by atoms with Crippen LogP contribution in [0.4, 0.5) is 0 Å². The minimum Gasteiger partial charge on any atom is -0.375 e. The van der Waals surface area contributed by atoms with Crippen molar-refractivity contribution in [3.05, 3.63) is 0 Å². The first kappa shape index (κ1) is 17.9. The van der Waals surface area contributed by atoms with E-state index in [4.69, 9.17) is 4.74 Å². The molecule has 0 aromatic carbocycles. The van der Waals surface area contributed by atoms with E-state index in [1.807, 2.05) is 0 Å². The van der Waals surface area contributed by atoms with Crippen LogP contribution in [0.15, 0.2) is 0 Å². The second-order valence-corrected chi connectivity index (χ2v) is 5.99. The Morgan fingerprint density at radius 1 is 1.17 bits per heavy atom. The maximum atomic E-state index is 5.69. The highest BCUT2D eigenvalue weighted by atomic mass is 16.5. The summed E-state index contributed by atoms with van der Waals surface area (Å²) in [6.45, 7) is 18.3. The van der Waals surface area contributed by atoms with Crippen LogP contribution in [0.25, 0.3) is 0 Å². The average Bonchev–Trinajstić information content (AvgIpc) is 2.29. The number of rotatable bonds is 10. The van der Waals surface area contributed by atoms with Crippen molar-refractivity contribution in [3.8, 4) is 0 Å². The van der Waals surface area contributed by atoms with E-state index in [1.165, 1.54) is 19.4 Å². The van der Waals surface area contributed by atoms with E-state index >= 15 is 0 Å². The molecular formula is C15H34N2O. The summed E-state index contributed by atoms with van der Waals surface area (Å²) < 4.78 is 5.69. The van der Waals surface area contributed by atoms with Crippen molar-refractivity contribution >= 4 is 0 Å². The number of hydrogen-bond donors (Lipinski definition) is 1. The first-order valence-corrected chi connectivity index (χ1v) is 7.48. The van der Waals surface area contributed by atoms with Gasteiger partial charge in [0, 0.05) is 12.6 Å². The number of ether oxygens (including phenoxy) is 1. The van der Waals surface area contributed by atoms with Gasteiger partial charge < -0.3 is 15.0 Å². The molecule has 0 spiro atoms. The Balaban J connectivity index is 3.45. The summed E-state index contributed by atoms with van der Waals surface area (Å²) in [5.74, 6) is 0. The Bertz CT molecular complexity index is 185. The van der Waals surface area contributed by atoms with Crippen LogP contribution < -0.4 is 5.32 Å². The maximum Gasteiger partial charge on any atom is 0.0599 e. The van der Waals surface area contributed by atoms with Gasteiger partial charge in [-0.05, 0) is 60.2 Å². The van der Waals surface area contributed by atoms with Crippen molar-refractivity contribution in [3.63, 3.8) is 0 Å². The lowest BCUT2D eigenvalue weighted by Crippen LogP contribution is -2.33. The molecule has 1 N–H and O–H groups in total. The fourth-order valence-corrected chi connectivity index (χ4v) is 1.93. The minimum atomic E-state index is -0.0202. The van der Waals surface area contributed by atoms with Crippen LogP contribution in [0, 0.1) is 0 Å². The molecule has 1 unspecified atom stereocenters. The quantitative estimate of drug-likeness (QED) is 0.610. The smallest absolute Gasteiger partial charge is 0.0599 e. The Kier molecular flexibility index (Phi) is 9.70. The molecule has 0 aliphatic rings. The largest absolute Gasteiger partial charge is 0.375 e. The molecule has 0 fully saturated rings. The third-order valence-corrected chi connectivity index (χ3v) is 3.14. The molecule has 0 aromatic rings. The van der Waals surface area contributed by atoms with Crippen LogP contribution in [0.1, 0.15) is 54.4 Å². The van der Waals surface area contributed by atoms with Crippen LogP contribution in [0.5, 0.6) is 0 Å². The number of nitrogens with zero attached hydrogens (tertiary/aromatic N) is 1. The maximum absolute atomic E-state index is 5.69. The van der Waals surface area contributed by atoms with Gasteiger partial charge in [0.1, 0.15) is 0 Å². The van der Waals surface area contributed by atoms with Gasteiger partial charge in [-0.1, -0.05) is 13.8 Å². The summed E-state index contributed by atoms with van der Waals surface area (Å²) in [4.78, 5) is 2.48. The van der Waals surface area contributed by atoms with E-state index in [9.17, 15) is 0 Å². The Labute approximate surface area is 114 Å². The second kappa shape index (κ2) is 9.76. The number of hydrogen-bond acceptors (Lipinski definition) is 3. The van der Waals surface area contributed by atoms with Gasteiger partial charge in [0.25, 0.3) is 0 Å². The van der Waals surface area contributed by atoms with Crippen LogP contribution in [0.3, 0.4) is 0 Å². The van der Waals surface area contributed by atoms with Gasteiger partial charge in [-0.25, -0.2) is 0 Å². The average molecular weight is 258 g/mol. The molecule has 110 valence electrons. The van der Waals surface area contributed by atoms with Gasteiger partial charge in [-0.2, -0.15) is 0 Å². The molecule has 18 heavy (non-hydrogen) atoms. The van der Waals surface area contributed by atoms with E-state index in [-0.39, 0.29) is 5.60 Å². The molecule has 0 amide bonds. The highest BCUT2D eigenvalue weighted by molar-refractivity contribution is 4.64. The molecular weight excluding hydrogens is 224 g/mol. The lowest BCUT2D eigenvalue weighted by Gasteiger charge is -2.22. The van der Waals surface area contributed by atoms with Crippen molar-refractivity contribution in [2.45, 2.75) is 66.0 Å². The van der Waals surface area contributed by atoms with Crippen molar-refractivity contribution in [2.24, 2.45) is 0 Å². The van der Waals surface area contributed by atoms with Crippen LogP contribution in [0.2, 0.25) is 0 Å². The summed E-state index contributed by atoms with van der Waals surface area (Å²) in [6.07, 6.45) is 2.52. The SMILES string of the molecule is CCN(CC)CCCC(C)NCCOC(C)(C)C. The van der Waals surface area contributed by atoms with Crippen LogP contribution >= 0.6 is 0 Å². The Morgan fingerprint density at radius 2 is 1.78 bits per heavy atom. The van der Waals surface area contributed by atoms with E-state index in [0.717, 1.165) is 26.2 Å². The molecule has 3 nitrogen and oxygen atoms in total. The van der Waals surface area contributed by atoms with E-state index in [2.05, 4.69) is 51.8 Å². The zero-order valence-corrected chi connectivity index (χ0v) is 13.4. The first-order chi connectivity index (χ1) is 8.39. The topological polar surface area (TPSA) is 24.5 Å². The Morgan fingerprint density at radius 3 is 2.28 bits per heavy atom. The fourth-order valence-electron chi connectivity index (χ4n) is 1.93. The van der Waals surface area contributed by atoms with E-state index in [0.29, 0.717) is 6.04 Å². The van der Waals surface area contributed by atoms with Gasteiger partial charge in [-0.3, -0.25) is 0 Å². The lowest BCUT2D eigenvalue weighted by molar-refractivity contribution is -0.00157. The molecule has 0 saturated heterocycles. The van der Waals surface area contributed by atoms with Crippen molar-refractivity contribution < 1.29 is 4.74 Å². The predicted molar refractivity (Wildman–Crippen MR) is 80.2 cm³/mol. The highest BCUT2D eigenvalue weighted by Crippen LogP contribution is 2.05. The van der Waals surface area contributed by atoms with Gasteiger partial charge in [-0.15, -0.1) is 0 Å². The molecule has 0 aliphatic heterocycles. The summed E-state index contributed by atoms with van der Waals surface area (Å²) in [5, 5.41) is 3.52. The summed E-state index contributed by atoms with van der Waals surface area (Å²) in [7, 11) is 0.